The first-order chi connectivity index (χ1) is 8.70. The molecule has 0 radical (unpaired) electrons. The fourth-order valence-electron chi connectivity index (χ4n) is 1.97. The van der Waals surface area contributed by atoms with Crippen LogP contribution in [0.5, 0.6) is 5.75 Å². The van der Waals surface area contributed by atoms with Crippen LogP contribution in [0.3, 0.4) is 0 Å². The predicted octanol–water partition coefficient (Wildman–Crippen LogP) is 2.91. The molecule has 2 aromatic rings. The molecule has 0 saturated heterocycles. The summed E-state index contributed by atoms with van der Waals surface area (Å²) in [6, 6.07) is 15.9. The minimum absolute atomic E-state index is 0.794. The highest BCUT2D eigenvalue weighted by atomic mass is 16.5. The second-order valence-electron chi connectivity index (χ2n) is 4.27. The molecule has 3 heteroatoms. The van der Waals surface area contributed by atoms with Gasteiger partial charge in [0, 0.05) is 13.6 Å². The SMILES string of the molecule is COc1cccc(CN(C)c2ccccc2N)c1. The van der Waals surface area contributed by atoms with Crippen molar-refractivity contribution in [2.45, 2.75) is 6.54 Å². The van der Waals surface area contributed by atoms with Gasteiger partial charge in [0.1, 0.15) is 5.75 Å². The standard InChI is InChI=1S/C15H18N2O/c1-17(15-9-4-3-8-14(15)16)11-12-6-5-7-13(10-12)18-2/h3-10H,11,16H2,1-2H3. The van der Waals surface area contributed by atoms with Crippen LogP contribution in [0, 0.1) is 0 Å². The third kappa shape index (κ3) is 2.74. The lowest BCUT2D eigenvalue weighted by Gasteiger charge is -2.21. The lowest BCUT2D eigenvalue weighted by molar-refractivity contribution is 0.414. The molecule has 0 heterocycles. The van der Waals surface area contributed by atoms with Crippen molar-refractivity contribution in [3.63, 3.8) is 0 Å². The van der Waals surface area contributed by atoms with Crippen LogP contribution < -0.4 is 15.4 Å². The number of methoxy groups -OCH3 is 1. The van der Waals surface area contributed by atoms with E-state index in [1.807, 2.05) is 49.5 Å². The molecular weight excluding hydrogens is 224 g/mol. The molecule has 0 saturated carbocycles. The maximum Gasteiger partial charge on any atom is 0.119 e. The van der Waals surface area contributed by atoms with E-state index in [1.165, 1.54) is 5.56 Å². The van der Waals surface area contributed by atoms with Gasteiger partial charge in [0.15, 0.2) is 0 Å². The van der Waals surface area contributed by atoms with E-state index >= 15 is 0 Å². The molecule has 0 bridgehead atoms. The maximum atomic E-state index is 5.96. The van der Waals surface area contributed by atoms with Crippen molar-refractivity contribution in [3.05, 3.63) is 54.1 Å². The first kappa shape index (κ1) is 12.3. The number of hydrogen-bond donors (Lipinski definition) is 1. The van der Waals surface area contributed by atoms with E-state index in [1.54, 1.807) is 7.11 Å². The van der Waals surface area contributed by atoms with Crippen LogP contribution in [0.4, 0.5) is 11.4 Å². The molecule has 0 atom stereocenters. The Labute approximate surface area is 108 Å². The molecule has 2 rings (SSSR count). The predicted molar refractivity (Wildman–Crippen MR) is 76.0 cm³/mol. The fourth-order valence-corrected chi connectivity index (χ4v) is 1.97. The molecule has 0 aliphatic heterocycles. The molecule has 0 aliphatic rings. The van der Waals surface area contributed by atoms with E-state index in [9.17, 15) is 0 Å². The van der Waals surface area contributed by atoms with E-state index < -0.39 is 0 Å². The maximum absolute atomic E-state index is 5.96. The molecule has 2 aromatic carbocycles. The number of hydrogen-bond acceptors (Lipinski definition) is 3. The van der Waals surface area contributed by atoms with Crippen LogP contribution in [-0.4, -0.2) is 14.2 Å². The van der Waals surface area contributed by atoms with Gasteiger partial charge in [-0.3, -0.25) is 0 Å². The topological polar surface area (TPSA) is 38.5 Å². The van der Waals surface area contributed by atoms with Crippen LogP contribution in [0.15, 0.2) is 48.5 Å². The van der Waals surface area contributed by atoms with Crippen molar-refractivity contribution in [1.82, 2.24) is 0 Å². The van der Waals surface area contributed by atoms with Gasteiger partial charge in [-0.1, -0.05) is 24.3 Å². The molecule has 0 amide bonds. The van der Waals surface area contributed by atoms with Gasteiger partial charge >= 0.3 is 0 Å². The van der Waals surface area contributed by atoms with Gasteiger partial charge < -0.3 is 15.4 Å². The van der Waals surface area contributed by atoms with Crippen LogP contribution in [0.25, 0.3) is 0 Å². The van der Waals surface area contributed by atoms with Crippen molar-refractivity contribution in [3.8, 4) is 5.75 Å². The monoisotopic (exact) mass is 242 g/mol. The van der Waals surface area contributed by atoms with Crippen LogP contribution in [0.1, 0.15) is 5.56 Å². The molecule has 0 unspecified atom stereocenters. The normalized spacial score (nSPS) is 10.1. The number of para-hydroxylation sites is 2. The van der Waals surface area contributed by atoms with Crippen molar-refractivity contribution < 1.29 is 4.74 Å². The second-order valence-corrected chi connectivity index (χ2v) is 4.27. The number of ether oxygens (including phenoxy) is 1. The zero-order valence-electron chi connectivity index (χ0n) is 10.8. The summed E-state index contributed by atoms with van der Waals surface area (Å²) in [5, 5.41) is 0. The molecule has 3 nitrogen and oxygen atoms in total. The quantitative estimate of drug-likeness (QED) is 0.838. The Hall–Kier alpha value is -2.16. The van der Waals surface area contributed by atoms with E-state index in [2.05, 4.69) is 11.0 Å². The van der Waals surface area contributed by atoms with Gasteiger partial charge in [-0.25, -0.2) is 0 Å². The summed E-state index contributed by atoms with van der Waals surface area (Å²) in [7, 11) is 3.71. The molecule has 0 spiro atoms. The molecule has 0 aromatic heterocycles. The van der Waals surface area contributed by atoms with Crippen LogP contribution in [-0.2, 0) is 6.54 Å². The van der Waals surface area contributed by atoms with Gasteiger partial charge in [0.25, 0.3) is 0 Å². The van der Waals surface area contributed by atoms with Crippen LogP contribution >= 0.6 is 0 Å². The van der Waals surface area contributed by atoms with Gasteiger partial charge in [0.05, 0.1) is 18.5 Å². The van der Waals surface area contributed by atoms with Crippen LogP contribution in [0.2, 0.25) is 0 Å². The lowest BCUT2D eigenvalue weighted by Crippen LogP contribution is -2.17. The third-order valence-electron chi connectivity index (χ3n) is 2.90. The average Bonchev–Trinajstić information content (AvgIpc) is 2.39. The van der Waals surface area contributed by atoms with Crippen molar-refractivity contribution >= 4 is 11.4 Å². The summed E-state index contributed by atoms with van der Waals surface area (Å²) in [5.41, 5.74) is 9.00. The second kappa shape index (κ2) is 5.45. The first-order valence-corrected chi connectivity index (χ1v) is 5.89. The van der Waals surface area contributed by atoms with Gasteiger partial charge in [-0.15, -0.1) is 0 Å². The number of benzene rings is 2. The Morgan fingerprint density at radius 1 is 1.11 bits per heavy atom. The Bertz CT molecular complexity index is 525. The number of rotatable bonds is 4. The van der Waals surface area contributed by atoms with Gasteiger partial charge in [0.2, 0.25) is 0 Å². The average molecular weight is 242 g/mol. The molecule has 2 N–H and O–H groups in total. The lowest BCUT2D eigenvalue weighted by atomic mass is 10.2. The Morgan fingerprint density at radius 3 is 2.61 bits per heavy atom. The first-order valence-electron chi connectivity index (χ1n) is 5.89. The Morgan fingerprint density at radius 2 is 1.89 bits per heavy atom. The number of nitrogens with two attached hydrogens (primary N) is 1. The highest BCUT2D eigenvalue weighted by Gasteiger charge is 2.05. The molecule has 0 aliphatic carbocycles. The minimum atomic E-state index is 0.794. The van der Waals surface area contributed by atoms with Crippen molar-refractivity contribution in [1.29, 1.82) is 0 Å². The van der Waals surface area contributed by atoms with Gasteiger partial charge in [-0.05, 0) is 29.8 Å². The number of anilines is 2. The van der Waals surface area contributed by atoms with E-state index in [-0.39, 0.29) is 0 Å². The Balaban J connectivity index is 2.16. The molecule has 0 fully saturated rings. The number of nitrogens with zero attached hydrogens (tertiary/aromatic N) is 1. The highest BCUT2D eigenvalue weighted by molar-refractivity contribution is 5.66. The van der Waals surface area contributed by atoms with Gasteiger partial charge in [-0.2, -0.15) is 0 Å². The Kier molecular flexibility index (Phi) is 3.72. The van der Waals surface area contributed by atoms with E-state index in [0.29, 0.717) is 0 Å². The van der Waals surface area contributed by atoms with Crippen molar-refractivity contribution in [2.24, 2.45) is 0 Å². The van der Waals surface area contributed by atoms with E-state index in [4.69, 9.17) is 10.5 Å². The third-order valence-corrected chi connectivity index (χ3v) is 2.90. The largest absolute Gasteiger partial charge is 0.497 e. The van der Waals surface area contributed by atoms with E-state index in [0.717, 1.165) is 23.7 Å². The number of nitrogen functional groups attached to an aromatic ring is 1. The summed E-state index contributed by atoms with van der Waals surface area (Å²) in [6.07, 6.45) is 0. The molecule has 94 valence electrons. The summed E-state index contributed by atoms with van der Waals surface area (Å²) < 4.78 is 5.22. The summed E-state index contributed by atoms with van der Waals surface area (Å²) in [6.45, 7) is 0.797. The molecular formula is C15H18N2O. The summed E-state index contributed by atoms with van der Waals surface area (Å²) in [4.78, 5) is 2.13. The summed E-state index contributed by atoms with van der Waals surface area (Å²) >= 11 is 0. The summed E-state index contributed by atoms with van der Waals surface area (Å²) in [5.74, 6) is 0.877. The minimum Gasteiger partial charge on any atom is -0.497 e. The zero-order chi connectivity index (χ0) is 13.0. The van der Waals surface area contributed by atoms with Crippen molar-refractivity contribution in [2.75, 3.05) is 24.8 Å². The smallest absolute Gasteiger partial charge is 0.119 e. The fraction of sp³-hybridized carbons (Fsp3) is 0.200. The zero-order valence-corrected chi connectivity index (χ0v) is 10.8. The molecule has 18 heavy (non-hydrogen) atoms. The highest BCUT2D eigenvalue weighted by Crippen LogP contribution is 2.23.